The first-order valence-corrected chi connectivity index (χ1v) is 7.14. The molecule has 2 rings (SSSR count). The molecule has 1 aromatic carbocycles. The fourth-order valence-corrected chi connectivity index (χ4v) is 2.48. The van der Waals surface area contributed by atoms with Crippen molar-refractivity contribution in [2.45, 2.75) is 32.1 Å². The van der Waals surface area contributed by atoms with Gasteiger partial charge in [0, 0.05) is 12.3 Å². The van der Waals surface area contributed by atoms with Crippen LogP contribution in [0.3, 0.4) is 0 Å². The number of hydrogen-bond acceptors (Lipinski definition) is 3. The van der Waals surface area contributed by atoms with Gasteiger partial charge in [0.1, 0.15) is 5.69 Å². The number of benzene rings is 1. The molecule has 0 atom stereocenters. The van der Waals surface area contributed by atoms with Gasteiger partial charge in [-0.15, -0.1) is 0 Å². The molecule has 0 bridgehead atoms. The van der Waals surface area contributed by atoms with Crippen LogP contribution in [0, 0.1) is 16.0 Å². The molecule has 0 saturated heterocycles. The Balaban J connectivity index is 1.87. The summed E-state index contributed by atoms with van der Waals surface area (Å²) in [7, 11) is 0. The molecule has 0 aromatic heterocycles. The number of amides is 2. The van der Waals surface area contributed by atoms with Crippen LogP contribution in [0.2, 0.25) is 0 Å². The summed E-state index contributed by atoms with van der Waals surface area (Å²) in [6.45, 7) is 0. The lowest BCUT2D eigenvalue weighted by atomic mass is 9.89. The molecule has 1 saturated carbocycles. The summed E-state index contributed by atoms with van der Waals surface area (Å²) < 4.78 is 0. The minimum atomic E-state index is -0.520. The summed E-state index contributed by atoms with van der Waals surface area (Å²) in [6, 6.07) is 5.58. The van der Waals surface area contributed by atoms with E-state index in [0.717, 1.165) is 12.8 Å². The van der Waals surface area contributed by atoms with Crippen molar-refractivity contribution in [2.24, 2.45) is 5.92 Å². The fraction of sp³-hybridized carbons (Fsp3) is 0.400. The van der Waals surface area contributed by atoms with Crippen LogP contribution in [0.15, 0.2) is 36.5 Å². The monoisotopic (exact) mass is 289 g/mol. The number of nitrogens with one attached hydrogen (secondary N) is 2. The van der Waals surface area contributed by atoms with Crippen LogP contribution in [0.5, 0.6) is 0 Å². The second-order valence-electron chi connectivity index (χ2n) is 5.13. The second-order valence-corrected chi connectivity index (χ2v) is 5.13. The van der Waals surface area contributed by atoms with E-state index in [0.29, 0.717) is 5.92 Å². The van der Waals surface area contributed by atoms with Crippen LogP contribution in [0.1, 0.15) is 32.1 Å². The normalized spacial score (nSPS) is 15.8. The summed E-state index contributed by atoms with van der Waals surface area (Å²) in [4.78, 5) is 22.1. The molecule has 0 spiro atoms. The van der Waals surface area contributed by atoms with Crippen molar-refractivity contribution in [1.82, 2.24) is 5.32 Å². The highest BCUT2D eigenvalue weighted by atomic mass is 16.6. The van der Waals surface area contributed by atoms with Crippen LogP contribution < -0.4 is 10.6 Å². The number of anilines is 1. The average molecular weight is 289 g/mol. The Bertz CT molecular complexity index is 537. The number of carbonyl (C=O) groups is 1. The van der Waals surface area contributed by atoms with Crippen molar-refractivity contribution < 1.29 is 9.72 Å². The molecular weight excluding hydrogens is 270 g/mol. The van der Waals surface area contributed by atoms with Crippen molar-refractivity contribution >= 4 is 17.4 Å². The van der Waals surface area contributed by atoms with Crippen molar-refractivity contribution in [3.05, 3.63) is 46.7 Å². The molecule has 2 amide bonds. The Labute approximate surface area is 123 Å². The van der Waals surface area contributed by atoms with Gasteiger partial charge in [0.2, 0.25) is 0 Å². The first-order valence-electron chi connectivity index (χ1n) is 7.14. The maximum atomic E-state index is 11.7. The Morgan fingerprint density at radius 3 is 2.67 bits per heavy atom. The van der Waals surface area contributed by atoms with Crippen LogP contribution in [0.4, 0.5) is 16.2 Å². The van der Waals surface area contributed by atoms with E-state index in [1.165, 1.54) is 31.4 Å². The topological polar surface area (TPSA) is 84.3 Å². The maximum absolute atomic E-state index is 11.7. The van der Waals surface area contributed by atoms with Gasteiger partial charge in [-0.2, -0.15) is 0 Å². The third-order valence-electron chi connectivity index (χ3n) is 3.58. The van der Waals surface area contributed by atoms with Crippen molar-refractivity contribution in [1.29, 1.82) is 0 Å². The molecule has 6 heteroatoms. The van der Waals surface area contributed by atoms with Gasteiger partial charge in [-0.3, -0.25) is 10.1 Å². The zero-order valence-corrected chi connectivity index (χ0v) is 11.7. The Hall–Kier alpha value is -2.37. The molecule has 0 unspecified atom stereocenters. The average Bonchev–Trinajstić information content (AvgIpc) is 2.48. The molecule has 21 heavy (non-hydrogen) atoms. The summed E-state index contributed by atoms with van der Waals surface area (Å²) in [6.07, 6.45) is 9.69. The molecule has 6 nitrogen and oxygen atoms in total. The van der Waals surface area contributed by atoms with Gasteiger partial charge >= 0.3 is 6.03 Å². The summed E-state index contributed by atoms with van der Waals surface area (Å²) in [5.74, 6) is 0.519. The second kappa shape index (κ2) is 7.42. The molecule has 2 N–H and O–H groups in total. The van der Waals surface area contributed by atoms with E-state index in [4.69, 9.17) is 0 Å². The zero-order chi connectivity index (χ0) is 15.1. The number of nitrogens with zero attached hydrogens (tertiary/aromatic N) is 1. The lowest BCUT2D eigenvalue weighted by Gasteiger charge is -2.17. The largest absolute Gasteiger partial charge is 0.323 e. The highest BCUT2D eigenvalue weighted by Gasteiger charge is 2.14. The predicted molar refractivity (Wildman–Crippen MR) is 81.0 cm³/mol. The van der Waals surface area contributed by atoms with Crippen LogP contribution in [-0.2, 0) is 0 Å². The third kappa shape index (κ3) is 4.59. The third-order valence-corrected chi connectivity index (χ3v) is 3.58. The number of hydrogen-bond donors (Lipinski definition) is 2. The molecule has 1 fully saturated rings. The van der Waals surface area contributed by atoms with Gasteiger partial charge in [0.15, 0.2) is 0 Å². The van der Waals surface area contributed by atoms with E-state index in [-0.39, 0.29) is 11.4 Å². The first-order chi connectivity index (χ1) is 10.2. The number of allylic oxidation sites excluding steroid dienone is 1. The van der Waals surface area contributed by atoms with Crippen molar-refractivity contribution in [3.63, 3.8) is 0 Å². The lowest BCUT2D eigenvalue weighted by molar-refractivity contribution is -0.383. The smallest absolute Gasteiger partial charge is 0.315 e. The molecule has 1 aromatic rings. The molecular formula is C15H19N3O3. The number of carbonyl (C=O) groups excluding carboxylic acids is 1. The molecule has 0 heterocycles. The predicted octanol–water partition coefficient (Wildman–Crippen LogP) is 3.81. The first kappa shape index (κ1) is 15.0. The number of urea groups is 1. The van der Waals surface area contributed by atoms with Crippen LogP contribution in [0.25, 0.3) is 0 Å². The van der Waals surface area contributed by atoms with Gasteiger partial charge in [0.05, 0.1) is 4.92 Å². The molecule has 0 radical (unpaired) electrons. The van der Waals surface area contributed by atoms with E-state index in [1.807, 2.05) is 6.08 Å². The fourth-order valence-electron chi connectivity index (χ4n) is 2.48. The van der Waals surface area contributed by atoms with Gasteiger partial charge < -0.3 is 10.6 Å². The van der Waals surface area contributed by atoms with Crippen LogP contribution >= 0.6 is 0 Å². The summed E-state index contributed by atoms with van der Waals surface area (Å²) in [5, 5.41) is 15.9. The lowest BCUT2D eigenvalue weighted by Crippen LogP contribution is -2.24. The van der Waals surface area contributed by atoms with E-state index in [2.05, 4.69) is 10.6 Å². The molecule has 112 valence electrons. The van der Waals surface area contributed by atoms with E-state index in [9.17, 15) is 14.9 Å². The van der Waals surface area contributed by atoms with E-state index in [1.54, 1.807) is 18.3 Å². The number of para-hydroxylation sites is 2. The van der Waals surface area contributed by atoms with Gasteiger partial charge in [0.25, 0.3) is 5.69 Å². The molecule has 0 aliphatic heterocycles. The van der Waals surface area contributed by atoms with Crippen LogP contribution in [-0.4, -0.2) is 11.0 Å². The minimum absolute atomic E-state index is 0.121. The minimum Gasteiger partial charge on any atom is -0.315 e. The van der Waals surface area contributed by atoms with Gasteiger partial charge in [-0.1, -0.05) is 37.5 Å². The Kier molecular flexibility index (Phi) is 5.31. The van der Waals surface area contributed by atoms with Gasteiger partial charge in [-0.25, -0.2) is 4.79 Å². The molecule has 1 aliphatic rings. The molecule has 1 aliphatic carbocycles. The zero-order valence-electron chi connectivity index (χ0n) is 11.7. The van der Waals surface area contributed by atoms with E-state index < -0.39 is 11.0 Å². The van der Waals surface area contributed by atoms with Gasteiger partial charge in [-0.05, 0) is 24.8 Å². The van der Waals surface area contributed by atoms with Crippen molar-refractivity contribution in [2.75, 3.05) is 5.32 Å². The number of rotatable bonds is 4. The summed E-state index contributed by atoms with van der Waals surface area (Å²) >= 11 is 0. The Morgan fingerprint density at radius 2 is 1.95 bits per heavy atom. The van der Waals surface area contributed by atoms with E-state index >= 15 is 0 Å². The van der Waals surface area contributed by atoms with Crippen molar-refractivity contribution in [3.8, 4) is 0 Å². The standard InChI is InChI=1S/C15H19N3O3/c19-15(16-11-10-12-6-2-1-3-7-12)17-13-8-4-5-9-14(13)18(20)21/h4-5,8-12H,1-3,6-7H2,(H2,16,17,19)/b11-10+. The highest BCUT2D eigenvalue weighted by molar-refractivity contribution is 5.92. The number of nitro benzene ring substituents is 1. The highest BCUT2D eigenvalue weighted by Crippen LogP contribution is 2.24. The summed E-state index contributed by atoms with van der Waals surface area (Å²) in [5.41, 5.74) is 0.0648. The quantitative estimate of drug-likeness (QED) is 0.653. The Morgan fingerprint density at radius 1 is 1.24 bits per heavy atom. The maximum Gasteiger partial charge on any atom is 0.323 e. The number of nitro groups is 1. The SMILES string of the molecule is O=C(N/C=C/C1CCCCC1)Nc1ccccc1[N+](=O)[O-].